The molecular formula is C15H19N3O3S. The number of fused-ring (bicyclic) bond motifs is 1. The fraction of sp³-hybridized carbons (Fsp3) is 0.467. The Kier molecular flexibility index (Phi) is 3.68. The number of imidazole rings is 1. The minimum Gasteiger partial charge on any atom is -0.335 e. The summed E-state index contributed by atoms with van der Waals surface area (Å²) in [6.07, 6.45) is 5.78. The summed E-state index contributed by atoms with van der Waals surface area (Å²) in [4.78, 5) is 18.8. The largest absolute Gasteiger partial charge is 0.335 e. The first-order valence-electron chi connectivity index (χ1n) is 7.37. The maximum Gasteiger partial charge on any atom is 0.274 e. The van der Waals surface area contributed by atoms with Crippen LogP contribution in [-0.2, 0) is 9.84 Å². The number of pyridine rings is 1. The number of piperidine rings is 1. The van der Waals surface area contributed by atoms with Crippen LogP contribution >= 0.6 is 0 Å². The molecule has 0 radical (unpaired) electrons. The molecule has 1 unspecified atom stereocenters. The van der Waals surface area contributed by atoms with Crippen molar-refractivity contribution in [2.75, 3.05) is 12.8 Å². The first kappa shape index (κ1) is 15.0. The van der Waals surface area contributed by atoms with E-state index in [9.17, 15) is 13.2 Å². The summed E-state index contributed by atoms with van der Waals surface area (Å²) < 4.78 is 25.3. The molecule has 0 aliphatic carbocycles. The Bertz CT molecular complexity index is 826. The molecule has 0 N–H and O–H groups in total. The summed E-state index contributed by atoms with van der Waals surface area (Å²) in [7, 11) is -3.51. The van der Waals surface area contributed by atoms with E-state index in [1.165, 1.54) is 4.40 Å². The van der Waals surface area contributed by atoms with Crippen molar-refractivity contribution < 1.29 is 13.2 Å². The number of amides is 1. The summed E-state index contributed by atoms with van der Waals surface area (Å²) in [5.74, 6) is -0.189. The van der Waals surface area contributed by atoms with E-state index in [-0.39, 0.29) is 22.8 Å². The number of hydrogen-bond acceptors (Lipinski definition) is 4. The molecule has 1 amide bonds. The van der Waals surface area contributed by atoms with Crippen molar-refractivity contribution in [1.29, 1.82) is 0 Å². The quantitative estimate of drug-likeness (QED) is 0.845. The number of hydrogen-bond donors (Lipinski definition) is 0. The molecule has 1 saturated heterocycles. The third-order valence-corrected chi connectivity index (χ3v) is 5.07. The number of sulfone groups is 1. The van der Waals surface area contributed by atoms with E-state index >= 15 is 0 Å². The highest BCUT2D eigenvalue weighted by Gasteiger charge is 2.29. The highest BCUT2D eigenvalue weighted by Crippen LogP contribution is 2.23. The van der Waals surface area contributed by atoms with Crippen LogP contribution in [0.2, 0.25) is 0 Å². The summed E-state index contributed by atoms with van der Waals surface area (Å²) in [5.41, 5.74) is 0.750. The number of nitrogens with zero attached hydrogens (tertiary/aromatic N) is 3. The molecule has 2 aromatic rings. The molecule has 22 heavy (non-hydrogen) atoms. The fourth-order valence-corrected chi connectivity index (χ4v) is 3.74. The van der Waals surface area contributed by atoms with Crippen LogP contribution in [0.4, 0.5) is 0 Å². The van der Waals surface area contributed by atoms with Crippen LogP contribution in [0.15, 0.2) is 29.6 Å². The van der Waals surface area contributed by atoms with Gasteiger partial charge in [-0.05, 0) is 38.3 Å². The van der Waals surface area contributed by atoms with Gasteiger partial charge >= 0.3 is 0 Å². The molecule has 3 rings (SSSR count). The second kappa shape index (κ2) is 5.39. The summed E-state index contributed by atoms with van der Waals surface area (Å²) in [6, 6.07) is 5.38. The van der Waals surface area contributed by atoms with E-state index in [1.54, 1.807) is 29.3 Å². The molecule has 2 aromatic heterocycles. The minimum atomic E-state index is -3.51. The van der Waals surface area contributed by atoms with Crippen LogP contribution in [0.3, 0.4) is 0 Å². The van der Waals surface area contributed by atoms with E-state index in [4.69, 9.17) is 0 Å². The summed E-state index contributed by atoms with van der Waals surface area (Å²) in [6.45, 7) is 2.72. The fourth-order valence-electron chi connectivity index (χ4n) is 2.96. The van der Waals surface area contributed by atoms with Crippen LogP contribution in [0, 0.1) is 0 Å². The average molecular weight is 321 g/mol. The van der Waals surface area contributed by atoms with Gasteiger partial charge < -0.3 is 4.90 Å². The van der Waals surface area contributed by atoms with Crippen molar-refractivity contribution in [2.45, 2.75) is 37.4 Å². The second-order valence-corrected chi connectivity index (χ2v) is 7.72. The molecule has 1 fully saturated rings. The molecule has 0 bridgehead atoms. The average Bonchev–Trinajstić information content (AvgIpc) is 2.87. The Morgan fingerprint density at radius 2 is 2.09 bits per heavy atom. The third kappa shape index (κ3) is 2.49. The highest BCUT2D eigenvalue weighted by atomic mass is 32.2. The maximum absolute atomic E-state index is 12.8. The zero-order valence-electron chi connectivity index (χ0n) is 12.7. The highest BCUT2D eigenvalue weighted by molar-refractivity contribution is 7.90. The van der Waals surface area contributed by atoms with Crippen LogP contribution in [0.5, 0.6) is 0 Å². The van der Waals surface area contributed by atoms with Gasteiger partial charge in [-0.2, -0.15) is 0 Å². The van der Waals surface area contributed by atoms with Crippen molar-refractivity contribution in [2.24, 2.45) is 0 Å². The first-order valence-corrected chi connectivity index (χ1v) is 9.27. The third-order valence-electron chi connectivity index (χ3n) is 4.11. The summed E-state index contributed by atoms with van der Waals surface area (Å²) in [5, 5.41) is -0.0869. The normalized spacial score (nSPS) is 19.5. The van der Waals surface area contributed by atoms with Crippen molar-refractivity contribution in [3.05, 3.63) is 30.1 Å². The Morgan fingerprint density at radius 1 is 1.32 bits per heavy atom. The molecule has 3 heterocycles. The Hall–Kier alpha value is -1.89. The van der Waals surface area contributed by atoms with Gasteiger partial charge in [0.05, 0.1) is 5.52 Å². The monoisotopic (exact) mass is 321 g/mol. The van der Waals surface area contributed by atoms with Crippen molar-refractivity contribution in [3.63, 3.8) is 0 Å². The molecule has 0 spiro atoms. The summed E-state index contributed by atoms with van der Waals surface area (Å²) >= 11 is 0. The molecule has 1 aliphatic rings. The number of carbonyl (C=O) groups excluding carboxylic acids is 1. The van der Waals surface area contributed by atoms with Crippen molar-refractivity contribution in [1.82, 2.24) is 14.3 Å². The van der Waals surface area contributed by atoms with Crippen LogP contribution in [-0.4, -0.2) is 47.5 Å². The Labute approximate surface area is 129 Å². The molecule has 1 aliphatic heterocycles. The maximum atomic E-state index is 12.8. The SMILES string of the molecule is CC1CCCCN1C(=O)c1nc(S(C)(=O)=O)n2ccccc12. The van der Waals surface area contributed by atoms with E-state index < -0.39 is 9.84 Å². The van der Waals surface area contributed by atoms with Gasteiger partial charge in [0.25, 0.3) is 5.91 Å². The lowest BCUT2D eigenvalue weighted by Gasteiger charge is -2.32. The van der Waals surface area contributed by atoms with Gasteiger partial charge in [0, 0.05) is 25.0 Å². The smallest absolute Gasteiger partial charge is 0.274 e. The number of likely N-dealkylation sites (tertiary alicyclic amines) is 1. The lowest BCUT2D eigenvalue weighted by molar-refractivity contribution is 0.0632. The Balaban J connectivity index is 2.13. The Morgan fingerprint density at radius 3 is 2.77 bits per heavy atom. The standard InChI is InChI=1S/C15H19N3O3S/c1-11-7-3-5-9-17(11)14(19)13-12-8-4-6-10-18(12)15(16-13)22(2,20)21/h4,6,8,10-11H,3,5,7,9H2,1-2H3. The topological polar surface area (TPSA) is 71.8 Å². The lowest BCUT2D eigenvalue weighted by atomic mass is 10.0. The number of carbonyl (C=O) groups is 1. The van der Waals surface area contributed by atoms with E-state index in [2.05, 4.69) is 4.98 Å². The minimum absolute atomic E-state index is 0.0869. The van der Waals surface area contributed by atoms with Crippen molar-refractivity contribution in [3.8, 4) is 0 Å². The molecule has 1 atom stereocenters. The number of rotatable bonds is 2. The van der Waals surface area contributed by atoms with Crippen molar-refractivity contribution >= 4 is 21.3 Å². The predicted octanol–water partition coefficient (Wildman–Crippen LogP) is 1.75. The first-order chi connectivity index (χ1) is 10.4. The van der Waals surface area contributed by atoms with Crippen LogP contribution in [0.25, 0.3) is 5.52 Å². The van der Waals surface area contributed by atoms with E-state index in [1.807, 2.05) is 6.92 Å². The predicted molar refractivity (Wildman–Crippen MR) is 82.7 cm³/mol. The van der Waals surface area contributed by atoms with Gasteiger partial charge in [0.2, 0.25) is 15.0 Å². The zero-order valence-corrected chi connectivity index (χ0v) is 13.5. The van der Waals surface area contributed by atoms with Crippen LogP contribution in [0.1, 0.15) is 36.7 Å². The van der Waals surface area contributed by atoms with Gasteiger partial charge in [-0.25, -0.2) is 13.4 Å². The number of aromatic nitrogens is 2. The molecule has 6 nitrogen and oxygen atoms in total. The molecule has 7 heteroatoms. The molecule has 118 valence electrons. The van der Waals surface area contributed by atoms with E-state index in [0.717, 1.165) is 25.5 Å². The van der Waals surface area contributed by atoms with Gasteiger partial charge in [-0.15, -0.1) is 0 Å². The second-order valence-electron chi connectivity index (χ2n) is 5.81. The van der Waals surface area contributed by atoms with E-state index in [0.29, 0.717) is 12.1 Å². The zero-order chi connectivity index (χ0) is 15.9. The van der Waals surface area contributed by atoms with Crippen LogP contribution < -0.4 is 0 Å². The van der Waals surface area contributed by atoms with Gasteiger partial charge in [-0.1, -0.05) is 6.07 Å². The molecule has 0 aromatic carbocycles. The van der Waals surface area contributed by atoms with Gasteiger partial charge in [0.1, 0.15) is 0 Å². The van der Waals surface area contributed by atoms with Gasteiger partial charge in [-0.3, -0.25) is 9.20 Å². The molecule has 0 saturated carbocycles. The molecular weight excluding hydrogens is 302 g/mol. The van der Waals surface area contributed by atoms with Gasteiger partial charge in [0.15, 0.2) is 5.69 Å². The lowest BCUT2D eigenvalue weighted by Crippen LogP contribution is -2.42.